The molecule has 0 atom stereocenters. The number of carbonyl (C=O) groups excluding carboxylic acids is 2. The van der Waals surface area contributed by atoms with Gasteiger partial charge >= 0.3 is 0 Å². The summed E-state index contributed by atoms with van der Waals surface area (Å²) >= 11 is 0. The molecule has 4 heterocycles. The zero-order valence-corrected chi connectivity index (χ0v) is 31.8. The molecule has 0 radical (unpaired) electrons. The van der Waals surface area contributed by atoms with Crippen LogP contribution in [0.15, 0.2) is 101 Å². The van der Waals surface area contributed by atoms with Crippen LogP contribution in [0.4, 0.5) is 11.4 Å². The number of benzene rings is 2. The van der Waals surface area contributed by atoms with Crippen LogP contribution in [0, 0.1) is 0 Å². The van der Waals surface area contributed by atoms with Gasteiger partial charge in [-0.3, -0.25) is 14.6 Å². The van der Waals surface area contributed by atoms with Crippen molar-refractivity contribution >= 4 is 47.0 Å². The normalized spacial score (nSPS) is 13.3. The van der Waals surface area contributed by atoms with Crippen molar-refractivity contribution in [2.24, 2.45) is 21.5 Å². The fraction of sp³-hybridized carbons (Fsp3) is 0.326. The first kappa shape index (κ1) is 39.2. The standard InChI is InChI=1S/C22H26N4O.C21H25N5O/c1-3-10-26(11-4-2)22(27)19-12-17-8-7-16(18-6-5-9-24-15-18)13-20(17)25-21(23)14-19;1-3-7-26(8-4-2)21(27)17-9-16-6-5-15(18-12-23-14-24-13-18)10-19(16)25-20(22)11-17/h5-9,12-13,15H,3-4,10-11,14H2,1-2H3,(H2,23,25);5-6,9-10,12-14H,3-4,7-8,11H2,1-2H3,(H2,22,25). The van der Waals surface area contributed by atoms with E-state index in [0.29, 0.717) is 35.7 Å². The Labute approximate surface area is 318 Å². The van der Waals surface area contributed by atoms with E-state index < -0.39 is 0 Å². The van der Waals surface area contributed by atoms with E-state index in [9.17, 15) is 9.59 Å². The minimum atomic E-state index is 0.0465. The number of amidine groups is 2. The Balaban J connectivity index is 0.000000208. The number of hydrogen-bond donors (Lipinski definition) is 2. The van der Waals surface area contributed by atoms with Gasteiger partial charge in [0.1, 0.15) is 18.0 Å². The average Bonchev–Trinajstić information content (AvgIpc) is 3.47. The number of pyridine rings is 1. The van der Waals surface area contributed by atoms with Crippen LogP contribution in [0.2, 0.25) is 0 Å². The van der Waals surface area contributed by atoms with Crippen LogP contribution < -0.4 is 11.5 Å². The Hall–Kier alpha value is -5.97. The van der Waals surface area contributed by atoms with Crippen molar-refractivity contribution in [1.82, 2.24) is 24.8 Å². The molecule has 4 aromatic rings. The summed E-state index contributed by atoms with van der Waals surface area (Å²) < 4.78 is 0. The highest BCUT2D eigenvalue weighted by Crippen LogP contribution is 2.33. The molecule has 11 heteroatoms. The molecule has 11 nitrogen and oxygen atoms in total. The predicted molar refractivity (Wildman–Crippen MR) is 219 cm³/mol. The second-order valence-electron chi connectivity index (χ2n) is 13.4. The lowest BCUT2D eigenvalue weighted by Crippen LogP contribution is -2.34. The molecule has 0 fully saturated rings. The van der Waals surface area contributed by atoms with Gasteiger partial charge in [0, 0.05) is 97.2 Å². The van der Waals surface area contributed by atoms with Crippen LogP contribution in [-0.4, -0.2) is 74.4 Å². The molecule has 0 spiro atoms. The topological polar surface area (TPSA) is 156 Å². The van der Waals surface area contributed by atoms with E-state index in [4.69, 9.17) is 11.5 Å². The van der Waals surface area contributed by atoms with Gasteiger partial charge in [-0.1, -0.05) is 58.0 Å². The van der Waals surface area contributed by atoms with Crippen LogP contribution in [0.3, 0.4) is 0 Å². The Kier molecular flexibility index (Phi) is 14.0. The van der Waals surface area contributed by atoms with E-state index in [2.05, 4.69) is 52.6 Å². The van der Waals surface area contributed by atoms with Crippen molar-refractivity contribution in [3.8, 4) is 22.3 Å². The van der Waals surface area contributed by atoms with Gasteiger partial charge in [0.2, 0.25) is 11.8 Å². The molecule has 0 saturated heterocycles. The number of aliphatic imine (C=N–C) groups is 2. The summed E-state index contributed by atoms with van der Waals surface area (Å²) in [4.78, 5) is 51.2. The lowest BCUT2D eigenvalue weighted by Gasteiger charge is -2.22. The first-order valence-electron chi connectivity index (χ1n) is 18.8. The van der Waals surface area contributed by atoms with E-state index >= 15 is 0 Å². The van der Waals surface area contributed by atoms with Crippen LogP contribution in [-0.2, 0) is 9.59 Å². The predicted octanol–water partition coefficient (Wildman–Crippen LogP) is 7.74. The Bertz CT molecular complexity index is 1880. The van der Waals surface area contributed by atoms with Crippen LogP contribution >= 0.6 is 0 Å². The molecule has 0 saturated carbocycles. The van der Waals surface area contributed by atoms with Crippen LogP contribution in [0.25, 0.3) is 34.4 Å². The molecule has 0 aliphatic carbocycles. The molecule has 2 aromatic heterocycles. The summed E-state index contributed by atoms with van der Waals surface area (Å²) in [6, 6.07) is 15.9. The number of carbonyl (C=O) groups is 2. The molecular formula is C43H51N9O2. The SMILES string of the molecule is CCCN(CCC)C(=O)C1=Cc2ccc(-c3cccnc3)cc2N=C(N)C1.CCCN(CCC)C(=O)C1=Cc2ccc(-c3cncnc3)cc2N=C(N)C1. The zero-order chi connectivity index (χ0) is 38.5. The Morgan fingerprint density at radius 2 is 1.04 bits per heavy atom. The van der Waals surface area contributed by atoms with E-state index in [0.717, 1.165) is 96.6 Å². The first-order valence-corrected chi connectivity index (χ1v) is 18.8. The molecule has 54 heavy (non-hydrogen) atoms. The molecule has 2 aliphatic rings. The highest BCUT2D eigenvalue weighted by atomic mass is 16.2. The molecule has 2 amide bonds. The quantitative estimate of drug-likeness (QED) is 0.151. The number of aromatic nitrogens is 3. The summed E-state index contributed by atoms with van der Waals surface area (Å²) in [7, 11) is 0. The van der Waals surface area contributed by atoms with Gasteiger partial charge < -0.3 is 21.3 Å². The van der Waals surface area contributed by atoms with Crippen molar-refractivity contribution in [3.05, 3.63) is 102 Å². The fourth-order valence-electron chi connectivity index (χ4n) is 6.51. The smallest absolute Gasteiger partial charge is 0.250 e. The molecule has 2 aromatic carbocycles. The van der Waals surface area contributed by atoms with Crippen molar-refractivity contribution in [2.75, 3.05) is 26.2 Å². The minimum Gasteiger partial charge on any atom is -0.387 e. The van der Waals surface area contributed by atoms with Crippen molar-refractivity contribution < 1.29 is 9.59 Å². The largest absolute Gasteiger partial charge is 0.387 e. The highest BCUT2D eigenvalue weighted by molar-refractivity contribution is 6.06. The lowest BCUT2D eigenvalue weighted by molar-refractivity contribution is -0.128. The lowest BCUT2D eigenvalue weighted by atomic mass is 10.0. The Morgan fingerprint density at radius 3 is 1.46 bits per heavy atom. The van der Waals surface area contributed by atoms with Crippen LogP contribution in [0.1, 0.15) is 77.3 Å². The molecule has 0 unspecified atom stereocenters. The monoisotopic (exact) mass is 725 g/mol. The van der Waals surface area contributed by atoms with Gasteiger partial charge in [0.05, 0.1) is 11.4 Å². The van der Waals surface area contributed by atoms with Gasteiger partial charge in [-0.15, -0.1) is 0 Å². The molecule has 6 rings (SSSR count). The second kappa shape index (κ2) is 19.2. The summed E-state index contributed by atoms with van der Waals surface area (Å²) in [6.45, 7) is 11.4. The number of nitrogens with two attached hydrogens (primary N) is 2. The number of fused-ring (bicyclic) bond motifs is 2. The van der Waals surface area contributed by atoms with Crippen molar-refractivity contribution in [1.29, 1.82) is 0 Å². The maximum Gasteiger partial charge on any atom is 0.250 e. The van der Waals surface area contributed by atoms with Crippen molar-refractivity contribution in [3.63, 3.8) is 0 Å². The van der Waals surface area contributed by atoms with E-state index in [1.54, 1.807) is 18.6 Å². The van der Waals surface area contributed by atoms with Crippen LogP contribution in [0.5, 0.6) is 0 Å². The number of rotatable bonds is 12. The molecule has 0 bridgehead atoms. The zero-order valence-electron chi connectivity index (χ0n) is 31.8. The second-order valence-corrected chi connectivity index (χ2v) is 13.4. The summed E-state index contributed by atoms with van der Waals surface area (Å²) in [6.07, 6.45) is 16.9. The van der Waals surface area contributed by atoms with E-state index in [1.807, 2.05) is 76.7 Å². The molecule has 4 N–H and O–H groups in total. The van der Waals surface area contributed by atoms with E-state index in [1.165, 1.54) is 6.33 Å². The number of hydrogen-bond acceptors (Lipinski definition) is 9. The van der Waals surface area contributed by atoms with Gasteiger partial charge in [0.15, 0.2) is 0 Å². The summed E-state index contributed by atoms with van der Waals surface area (Å²) in [5, 5.41) is 0. The maximum absolute atomic E-state index is 13.0. The number of amides is 2. The van der Waals surface area contributed by atoms with Gasteiger partial charge in [0.25, 0.3) is 0 Å². The molecule has 280 valence electrons. The number of nitrogens with zero attached hydrogens (tertiary/aromatic N) is 7. The Morgan fingerprint density at radius 1 is 0.593 bits per heavy atom. The third-order valence-electron chi connectivity index (χ3n) is 8.98. The van der Waals surface area contributed by atoms with Gasteiger partial charge in [-0.25, -0.2) is 20.0 Å². The summed E-state index contributed by atoms with van der Waals surface area (Å²) in [5.74, 6) is 1.01. The fourth-order valence-corrected chi connectivity index (χ4v) is 6.51. The van der Waals surface area contributed by atoms with Gasteiger partial charge in [-0.2, -0.15) is 0 Å². The van der Waals surface area contributed by atoms with E-state index in [-0.39, 0.29) is 11.8 Å². The van der Waals surface area contributed by atoms with Crippen molar-refractivity contribution in [2.45, 2.75) is 66.2 Å². The maximum atomic E-state index is 13.0. The highest BCUT2D eigenvalue weighted by Gasteiger charge is 2.22. The minimum absolute atomic E-state index is 0.0465. The molecular weight excluding hydrogens is 675 g/mol. The third kappa shape index (κ3) is 10.1. The van der Waals surface area contributed by atoms with Gasteiger partial charge in [-0.05, 0) is 67.2 Å². The molecule has 2 aliphatic heterocycles. The summed E-state index contributed by atoms with van der Waals surface area (Å²) in [5.41, 5.74) is 20.9. The first-order chi connectivity index (χ1) is 26.2. The average molecular weight is 726 g/mol. The third-order valence-corrected chi connectivity index (χ3v) is 8.98.